The molecule has 0 saturated carbocycles. The number of halogens is 1. The number of benzene rings is 1. The summed E-state index contributed by atoms with van der Waals surface area (Å²) in [6.07, 6.45) is 0.313. The molecule has 2 N–H and O–H groups in total. The number of aromatic amines is 1. The number of carbonyl (C=O) groups is 2. The summed E-state index contributed by atoms with van der Waals surface area (Å²) in [6.45, 7) is 6.55. The quantitative estimate of drug-likeness (QED) is 0.548. The lowest BCUT2D eigenvalue weighted by Gasteiger charge is -2.29. The Balaban J connectivity index is 1.46. The molecule has 0 atom stereocenters. The molecule has 9 heteroatoms. The normalized spacial score (nSPS) is 14.0. The number of anilines is 1. The molecule has 0 saturated heterocycles. The lowest BCUT2D eigenvalue weighted by Crippen LogP contribution is -2.39. The highest BCUT2D eigenvalue weighted by atomic mass is 79.9. The molecular weight excluding hydrogens is 456 g/mol. The number of rotatable bonds is 2. The van der Waals surface area contributed by atoms with Crippen LogP contribution in [-0.4, -0.2) is 39.0 Å². The van der Waals surface area contributed by atoms with Crippen molar-refractivity contribution in [2.24, 2.45) is 0 Å². The van der Waals surface area contributed by atoms with Gasteiger partial charge in [-0.15, -0.1) is 0 Å². The summed E-state index contributed by atoms with van der Waals surface area (Å²) in [4.78, 5) is 35.3. The van der Waals surface area contributed by atoms with E-state index in [1.54, 1.807) is 4.90 Å². The van der Waals surface area contributed by atoms with Crippen molar-refractivity contribution in [1.29, 1.82) is 0 Å². The van der Waals surface area contributed by atoms with Crippen LogP contribution in [0.2, 0.25) is 0 Å². The van der Waals surface area contributed by atoms with Crippen molar-refractivity contribution in [3.05, 3.63) is 45.0 Å². The van der Waals surface area contributed by atoms with Crippen LogP contribution in [0.25, 0.3) is 10.9 Å². The molecule has 3 aromatic rings. The van der Waals surface area contributed by atoms with Crippen LogP contribution in [-0.2, 0) is 17.7 Å². The van der Waals surface area contributed by atoms with Gasteiger partial charge in [0.15, 0.2) is 5.13 Å². The molecule has 2 aromatic heterocycles. The Kier molecular flexibility index (Phi) is 5.12. The number of hydrogen-bond donors (Lipinski definition) is 2. The van der Waals surface area contributed by atoms with E-state index in [1.165, 1.54) is 11.3 Å². The molecule has 3 heterocycles. The topological polar surface area (TPSA) is 87.3 Å². The van der Waals surface area contributed by atoms with E-state index in [-0.39, 0.29) is 12.0 Å². The summed E-state index contributed by atoms with van der Waals surface area (Å²) in [7, 11) is 0. The van der Waals surface area contributed by atoms with Gasteiger partial charge in [-0.2, -0.15) is 0 Å². The predicted molar refractivity (Wildman–Crippen MR) is 116 cm³/mol. The van der Waals surface area contributed by atoms with E-state index >= 15 is 0 Å². The molecule has 29 heavy (non-hydrogen) atoms. The summed E-state index contributed by atoms with van der Waals surface area (Å²) in [6, 6.07) is 7.61. The van der Waals surface area contributed by atoms with Gasteiger partial charge >= 0.3 is 6.09 Å². The van der Waals surface area contributed by atoms with Crippen LogP contribution in [0.15, 0.2) is 28.7 Å². The second-order valence-electron chi connectivity index (χ2n) is 7.91. The first-order chi connectivity index (χ1) is 13.7. The van der Waals surface area contributed by atoms with Crippen molar-refractivity contribution in [1.82, 2.24) is 14.9 Å². The van der Waals surface area contributed by atoms with Crippen LogP contribution in [0.1, 0.15) is 41.8 Å². The number of fused-ring (bicyclic) bond motifs is 2. The molecule has 1 aromatic carbocycles. The number of aromatic nitrogens is 2. The Labute approximate surface area is 180 Å². The van der Waals surface area contributed by atoms with Gasteiger partial charge in [-0.25, -0.2) is 9.78 Å². The van der Waals surface area contributed by atoms with Crippen molar-refractivity contribution in [3.8, 4) is 0 Å². The van der Waals surface area contributed by atoms with E-state index in [0.717, 1.165) is 25.9 Å². The van der Waals surface area contributed by atoms with Crippen molar-refractivity contribution < 1.29 is 14.3 Å². The highest BCUT2D eigenvalue weighted by molar-refractivity contribution is 9.10. The number of H-pyrrole nitrogens is 1. The molecule has 0 unspecified atom stereocenters. The van der Waals surface area contributed by atoms with E-state index in [9.17, 15) is 9.59 Å². The average Bonchev–Trinajstić information content (AvgIpc) is 3.22. The SMILES string of the molecule is CC(C)(C)OC(=O)N1CCc2nc(NC(=O)c3cc4cc(Br)ccc4[nH]3)sc2C1. The second kappa shape index (κ2) is 7.46. The van der Waals surface area contributed by atoms with Gasteiger partial charge in [0, 0.05) is 33.2 Å². The molecule has 152 valence electrons. The van der Waals surface area contributed by atoms with Crippen LogP contribution in [0.3, 0.4) is 0 Å². The van der Waals surface area contributed by atoms with E-state index in [1.807, 2.05) is 45.0 Å². The smallest absolute Gasteiger partial charge is 0.410 e. The first-order valence-electron chi connectivity index (χ1n) is 9.24. The largest absolute Gasteiger partial charge is 0.444 e. The molecular formula is C20H21BrN4O3S. The number of carbonyl (C=O) groups excluding carboxylic acids is 2. The van der Waals surface area contributed by atoms with Crippen LogP contribution < -0.4 is 5.32 Å². The van der Waals surface area contributed by atoms with Crippen molar-refractivity contribution in [2.75, 3.05) is 11.9 Å². The van der Waals surface area contributed by atoms with Gasteiger partial charge in [0.2, 0.25) is 0 Å². The maximum absolute atomic E-state index is 12.6. The van der Waals surface area contributed by atoms with E-state index < -0.39 is 5.60 Å². The number of amides is 2. The Morgan fingerprint density at radius 1 is 1.31 bits per heavy atom. The van der Waals surface area contributed by atoms with Crippen LogP contribution in [0, 0.1) is 0 Å². The second-order valence-corrected chi connectivity index (χ2v) is 9.91. The van der Waals surface area contributed by atoms with Gasteiger partial charge in [0.25, 0.3) is 5.91 Å². The average molecular weight is 477 g/mol. The van der Waals surface area contributed by atoms with E-state index in [2.05, 4.69) is 31.2 Å². The third-order valence-electron chi connectivity index (χ3n) is 4.43. The number of thiazole rings is 1. The first kappa shape index (κ1) is 19.9. The zero-order valence-electron chi connectivity index (χ0n) is 16.3. The van der Waals surface area contributed by atoms with Gasteiger partial charge < -0.3 is 14.6 Å². The zero-order chi connectivity index (χ0) is 20.8. The number of hydrogen-bond acceptors (Lipinski definition) is 5. The van der Waals surface area contributed by atoms with Gasteiger partial charge in [0.05, 0.1) is 12.2 Å². The molecule has 1 aliphatic rings. The molecule has 4 rings (SSSR count). The maximum atomic E-state index is 12.6. The van der Waals surface area contributed by atoms with E-state index in [0.29, 0.717) is 30.3 Å². The van der Waals surface area contributed by atoms with Gasteiger partial charge in [-0.3, -0.25) is 10.1 Å². The lowest BCUT2D eigenvalue weighted by molar-refractivity contribution is 0.0225. The number of ether oxygens (including phenoxy) is 1. The highest BCUT2D eigenvalue weighted by Gasteiger charge is 2.28. The molecule has 0 fully saturated rings. The first-order valence-corrected chi connectivity index (χ1v) is 10.8. The van der Waals surface area contributed by atoms with Crippen molar-refractivity contribution >= 4 is 55.3 Å². The van der Waals surface area contributed by atoms with Gasteiger partial charge in [-0.1, -0.05) is 27.3 Å². The summed E-state index contributed by atoms with van der Waals surface area (Å²) < 4.78 is 6.41. The Morgan fingerprint density at radius 2 is 2.10 bits per heavy atom. The molecule has 0 bridgehead atoms. The standard InChI is InChI=1S/C20H21BrN4O3S/c1-20(2,3)28-19(27)25-7-6-14-16(10-25)29-18(23-14)24-17(26)15-9-11-8-12(21)4-5-13(11)22-15/h4-5,8-9,22H,6-7,10H2,1-3H3,(H,23,24,26). The fraction of sp³-hybridized carbons (Fsp3) is 0.350. The van der Waals surface area contributed by atoms with Gasteiger partial charge in [0.1, 0.15) is 11.3 Å². The third-order valence-corrected chi connectivity index (χ3v) is 5.92. The predicted octanol–water partition coefficient (Wildman–Crippen LogP) is 4.93. The molecule has 0 spiro atoms. The van der Waals surface area contributed by atoms with Crippen molar-refractivity contribution in [2.45, 2.75) is 39.3 Å². The monoisotopic (exact) mass is 476 g/mol. The molecule has 1 aliphatic heterocycles. The highest BCUT2D eigenvalue weighted by Crippen LogP contribution is 2.29. The summed E-state index contributed by atoms with van der Waals surface area (Å²) >= 11 is 4.83. The molecule has 7 nitrogen and oxygen atoms in total. The van der Waals surface area contributed by atoms with Crippen LogP contribution in [0.5, 0.6) is 0 Å². The minimum Gasteiger partial charge on any atom is -0.444 e. The zero-order valence-corrected chi connectivity index (χ0v) is 18.7. The molecule has 0 radical (unpaired) electrons. The minimum absolute atomic E-state index is 0.243. The fourth-order valence-electron chi connectivity index (χ4n) is 3.12. The Bertz CT molecular complexity index is 1100. The fourth-order valence-corrected chi connectivity index (χ4v) is 4.52. The number of nitrogens with one attached hydrogen (secondary N) is 2. The molecule has 0 aliphatic carbocycles. The molecule has 2 amide bonds. The Hall–Kier alpha value is -2.39. The van der Waals surface area contributed by atoms with Crippen LogP contribution >= 0.6 is 27.3 Å². The summed E-state index contributed by atoms with van der Waals surface area (Å²) in [5.74, 6) is -0.243. The maximum Gasteiger partial charge on any atom is 0.410 e. The van der Waals surface area contributed by atoms with E-state index in [4.69, 9.17) is 4.74 Å². The minimum atomic E-state index is -0.528. The summed E-state index contributed by atoms with van der Waals surface area (Å²) in [5.41, 5.74) is 1.76. The third kappa shape index (κ3) is 4.45. The van der Waals surface area contributed by atoms with Crippen molar-refractivity contribution in [3.63, 3.8) is 0 Å². The van der Waals surface area contributed by atoms with Gasteiger partial charge in [-0.05, 0) is 45.0 Å². The number of nitrogens with zero attached hydrogens (tertiary/aromatic N) is 2. The van der Waals surface area contributed by atoms with Crippen LogP contribution in [0.4, 0.5) is 9.93 Å². The lowest BCUT2D eigenvalue weighted by atomic mass is 10.2. The summed E-state index contributed by atoms with van der Waals surface area (Å²) in [5, 5.41) is 4.35. The Morgan fingerprint density at radius 3 is 2.86 bits per heavy atom.